The third kappa shape index (κ3) is 2.04. The fraction of sp³-hybridized carbons (Fsp3) is 0.467. The average molecular weight is 232 g/mol. The number of hydrogen-bond acceptors (Lipinski definition) is 2. The molecule has 17 heavy (non-hydrogen) atoms. The van der Waals surface area contributed by atoms with Crippen molar-refractivity contribution in [3.05, 3.63) is 41.7 Å². The maximum atomic E-state index is 9.55. The van der Waals surface area contributed by atoms with E-state index in [2.05, 4.69) is 27.7 Å². The lowest BCUT2D eigenvalue weighted by Gasteiger charge is -2.30. The topological polar surface area (TPSA) is 29.5 Å². The third-order valence-corrected chi connectivity index (χ3v) is 3.53. The van der Waals surface area contributed by atoms with Crippen LogP contribution in [0.1, 0.15) is 39.4 Å². The van der Waals surface area contributed by atoms with E-state index in [4.69, 9.17) is 4.74 Å². The van der Waals surface area contributed by atoms with Gasteiger partial charge in [-0.2, -0.15) is 0 Å². The van der Waals surface area contributed by atoms with Crippen LogP contribution in [0.4, 0.5) is 0 Å². The van der Waals surface area contributed by atoms with Gasteiger partial charge >= 0.3 is 0 Å². The summed E-state index contributed by atoms with van der Waals surface area (Å²) in [6.45, 7) is 8.75. The van der Waals surface area contributed by atoms with Crippen LogP contribution in [-0.4, -0.2) is 5.11 Å². The van der Waals surface area contributed by atoms with E-state index in [-0.39, 0.29) is 11.5 Å². The van der Waals surface area contributed by atoms with E-state index in [0.717, 1.165) is 5.56 Å². The minimum atomic E-state index is -0.0258. The summed E-state index contributed by atoms with van der Waals surface area (Å²) >= 11 is 0. The second-order valence-corrected chi connectivity index (χ2v) is 5.56. The number of hydrogen-bond donors (Lipinski definition) is 1. The molecule has 1 aromatic carbocycles. The highest BCUT2D eigenvalue weighted by molar-refractivity contribution is 5.33. The van der Waals surface area contributed by atoms with Gasteiger partial charge in [0.05, 0.1) is 6.26 Å². The van der Waals surface area contributed by atoms with Crippen molar-refractivity contribution in [2.24, 2.45) is 11.3 Å². The van der Waals surface area contributed by atoms with Crippen LogP contribution in [0.15, 0.2) is 36.1 Å². The maximum absolute atomic E-state index is 9.55. The standard InChI is InChI=1S/C15H20O2/c1-10(2)13-9-17-14(15(13,3)4)11-6-5-7-12(16)8-11/h5-10,14,16H,1-4H3. The van der Waals surface area contributed by atoms with Gasteiger partial charge in [-0.1, -0.05) is 39.8 Å². The van der Waals surface area contributed by atoms with Crippen molar-refractivity contribution in [3.63, 3.8) is 0 Å². The molecule has 1 unspecified atom stereocenters. The molecule has 0 aromatic heterocycles. The van der Waals surface area contributed by atoms with Gasteiger partial charge in [-0.3, -0.25) is 0 Å². The fourth-order valence-corrected chi connectivity index (χ4v) is 2.68. The van der Waals surface area contributed by atoms with Crippen molar-refractivity contribution in [1.29, 1.82) is 0 Å². The van der Waals surface area contributed by atoms with Crippen LogP contribution < -0.4 is 0 Å². The fourth-order valence-electron chi connectivity index (χ4n) is 2.68. The van der Waals surface area contributed by atoms with E-state index in [1.54, 1.807) is 12.1 Å². The lowest BCUT2D eigenvalue weighted by atomic mass is 9.74. The summed E-state index contributed by atoms with van der Waals surface area (Å²) in [5, 5.41) is 9.55. The Kier molecular flexibility index (Phi) is 2.90. The highest BCUT2D eigenvalue weighted by atomic mass is 16.5. The number of rotatable bonds is 2. The number of phenols is 1. The predicted molar refractivity (Wildman–Crippen MR) is 68.6 cm³/mol. The zero-order valence-corrected chi connectivity index (χ0v) is 10.9. The Hall–Kier alpha value is -1.44. The van der Waals surface area contributed by atoms with Crippen molar-refractivity contribution in [2.75, 3.05) is 0 Å². The van der Waals surface area contributed by atoms with Gasteiger partial charge in [0.25, 0.3) is 0 Å². The second kappa shape index (κ2) is 4.10. The van der Waals surface area contributed by atoms with Crippen molar-refractivity contribution in [3.8, 4) is 5.75 Å². The monoisotopic (exact) mass is 232 g/mol. The Morgan fingerprint density at radius 2 is 2.00 bits per heavy atom. The molecule has 92 valence electrons. The normalized spacial score (nSPS) is 22.4. The number of phenolic OH excluding ortho intramolecular Hbond substituents is 1. The largest absolute Gasteiger partial charge is 0.508 e. The minimum absolute atomic E-state index is 0.00741. The van der Waals surface area contributed by atoms with Gasteiger partial charge in [0.1, 0.15) is 11.9 Å². The number of benzene rings is 1. The molecule has 0 radical (unpaired) electrons. The summed E-state index contributed by atoms with van der Waals surface area (Å²) in [6.07, 6.45) is 1.88. The van der Waals surface area contributed by atoms with Crippen molar-refractivity contribution in [2.45, 2.75) is 33.8 Å². The van der Waals surface area contributed by atoms with E-state index in [1.165, 1.54) is 5.57 Å². The summed E-state index contributed by atoms with van der Waals surface area (Å²) in [5.74, 6) is 0.771. The van der Waals surface area contributed by atoms with Gasteiger partial charge in [-0.15, -0.1) is 0 Å². The first-order chi connectivity index (χ1) is 7.93. The van der Waals surface area contributed by atoms with Crippen LogP contribution in [0, 0.1) is 11.3 Å². The van der Waals surface area contributed by atoms with E-state index < -0.39 is 0 Å². The highest BCUT2D eigenvalue weighted by Crippen LogP contribution is 2.50. The third-order valence-electron chi connectivity index (χ3n) is 3.53. The average Bonchev–Trinajstić information content (AvgIpc) is 2.53. The first kappa shape index (κ1) is 12.0. The lowest BCUT2D eigenvalue weighted by Crippen LogP contribution is -2.22. The second-order valence-electron chi connectivity index (χ2n) is 5.56. The molecule has 1 atom stereocenters. The molecule has 0 bridgehead atoms. The van der Waals surface area contributed by atoms with Crippen LogP contribution >= 0.6 is 0 Å². The number of aromatic hydroxyl groups is 1. The van der Waals surface area contributed by atoms with Crippen LogP contribution in [0.25, 0.3) is 0 Å². The molecule has 1 heterocycles. The zero-order valence-electron chi connectivity index (χ0n) is 10.9. The predicted octanol–water partition coefficient (Wildman–Crippen LogP) is 4.03. The summed E-state index contributed by atoms with van der Waals surface area (Å²) in [7, 11) is 0. The molecule has 1 N–H and O–H groups in total. The minimum Gasteiger partial charge on any atom is -0.508 e. The molecule has 2 rings (SSSR count). The molecule has 2 nitrogen and oxygen atoms in total. The van der Waals surface area contributed by atoms with Crippen LogP contribution in [0.3, 0.4) is 0 Å². The molecule has 1 aliphatic rings. The Labute approximate surface area is 103 Å². The molecule has 0 amide bonds. The Morgan fingerprint density at radius 1 is 1.29 bits per heavy atom. The summed E-state index contributed by atoms with van der Waals surface area (Å²) in [4.78, 5) is 0. The van der Waals surface area contributed by atoms with Crippen molar-refractivity contribution in [1.82, 2.24) is 0 Å². The quantitative estimate of drug-likeness (QED) is 0.834. The van der Waals surface area contributed by atoms with Gasteiger partial charge in [-0.05, 0) is 29.2 Å². The van der Waals surface area contributed by atoms with Crippen molar-refractivity contribution < 1.29 is 9.84 Å². The van der Waals surface area contributed by atoms with E-state index >= 15 is 0 Å². The Bertz CT molecular complexity index is 444. The summed E-state index contributed by atoms with van der Waals surface area (Å²) in [6, 6.07) is 7.33. The lowest BCUT2D eigenvalue weighted by molar-refractivity contribution is 0.0912. The smallest absolute Gasteiger partial charge is 0.132 e. The molecule has 2 heteroatoms. The Morgan fingerprint density at radius 3 is 2.53 bits per heavy atom. The van der Waals surface area contributed by atoms with Crippen molar-refractivity contribution >= 4 is 0 Å². The van der Waals surface area contributed by atoms with Gasteiger partial charge in [0, 0.05) is 5.41 Å². The summed E-state index contributed by atoms with van der Waals surface area (Å²) in [5.41, 5.74) is 2.33. The van der Waals surface area contributed by atoms with Crippen LogP contribution in [0.2, 0.25) is 0 Å². The Balaban J connectivity index is 2.32. The van der Waals surface area contributed by atoms with Gasteiger partial charge < -0.3 is 9.84 Å². The molecular formula is C15H20O2. The first-order valence-corrected chi connectivity index (χ1v) is 6.08. The SMILES string of the molecule is CC(C)C1=COC(c2cccc(O)c2)C1(C)C. The van der Waals surface area contributed by atoms with Gasteiger partial charge in [0.15, 0.2) is 0 Å². The van der Waals surface area contributed by atoms with Gasteiger partial charge in [0.2, 0.25) is 0 Å². The summed E-state index contributed by atoms with van der Waals surface area (Å²) < 4.78 is 5.81. The molecular weight excluding hydrogens is 212 g/mol. The molecule has 0 spiro atoms. The highest BCUT2D eigenvalue weighted by Gasteiger charge is 2.41. The van der Waals surface area contributed by atoms with Crippen LogP contribution in [-0.2, 0) is 4.74 Å². The molecule has 0 fully saturated rings. The first-order valence-electron chi connectivity index (χ1n) is 6.08. The zero-order chi connectivity index (χ0) is 12.6. The molecule has 0 aliphatic carbocycles. The molecule has 0 saturated carbocycles. The molecule has 1 aliphatic heterocycles. The van der Waals surface area contributed by atoms with E-state index in [9.17, 15) is 5.11 Å². The van der Waals surface area contributed by atoms with E-state index in [0.29, 0.717) is 11.7 Å². The maximum Gasteiger partial charge on any atom is 0.132 e. The molecule has 0 saturated heterocycles. The van der Waals surface area contributed by atoms with E-state index in [1.807, 2.05) is 18.4 Å². The van der Waals surface area contributed by atoms with Gasteiger partial charge in [-0.25, -0.2) is 0 Å². The number of ether oxygens (including phenoxy) is 1. The van der Waals surface area contributed by atoms with Crippen LogP contribution in [0.5, 0.6) is 5.75 Å². The molecule has 1 aromatic rings.